The Labute approximate surface area is 187 Å². The molecule has 33 heavy (non-hydrogen) atoms. The average Bonchev–Trinajstić information content (AvgIpc) is 3.70. The predicted molar refractivity (Wildman–Crippen MR) is 115 cm³/mol. The molecule has 0 spiro atoms. The second-order valence-electron chi connectivity index (χ2n) is 8.63. The number of nitrogens with zero attached hydrogens (tertiary/aromatic N) is 5. The number of rotatable bonds is 5. The van der Waals surface area contributed by atoms with Crippen molar-refractivity contribution in [3.05, 3.63) is 75.9 Å². The minimum absolute atomic E-state index is 0.0434. The second-order valence-corrected chi connectivity index (χ2v) is 8.63. The zero-order valence-electron chi connectivity index (χ0n) is 17.8. The van der Waals surface area contributed by atoms with Crippen molar-refractivity contribution < 1.29 is 13.2 Å². The highest BCUT2D eigenvalue weighted by atomic mass is 19.1. The SMILES string of the molecule is Cc1cc(F)c(-c2oc(-c3ccnc(C4CC4)n3)nc2-n2ccc(C3CC3)nc2=O)c(F)c1. The molecular formula is C24H19F2N5O2. The van der Waals surface area contributed by atoms with E-state index in [1.807, 2.05) is 0 Å². The Morgan fingerprint density at radius 3 is 2.39 bits per heavy atom. The van der Waals surface area contributed by atoms with Gasteiger partial charge < -0.3 is 4.42 Å². The van der Waals surface area contributed by atoms with E-state index in [0.29, 0.717) is 28.7 Å². The van der Waals surface area contributed by atoms with Crippen LogP contribution < -0.4 is 5.69 Å². The molecule has 2 saturated carbocycles. The summed E-state index contributed by atoms with van der Waals surface area (Å²) in [4.78, 5) is 30.2. The Hall–Kier alpha value is -3.75. The topological polar surface area (TPSA) is 86.7 Å². The summed E-state index contributed by atoms with van der Waals surface area (Å²) in [5.74, 6) is -0.563. The molecule has 3 heterocycles. The summed E-state index contributed by atoms with van der Waals surface area (Å²) in [5, 5.41) is 0. The van der Waals surface area contributed by atoms with E-state index in [0.717, 1.165) is 30.3 Å². The van der Waals surface area contributed by atoms with Gasteiger partial charge in [0.2, 0.25) is 5.89 Å². The lowest BCUT2D eigenvalue weighted by molar-refractivity contribution is 0.549. The van der Waals surface area contributed by atoms with Gasteiger partial charge in [-0.3, -0.25) is 0 Å². The zero-order valence-corrected chi connectivity index (χ0v) is 17.8. The molecule has 6 rings (SSSR count). The third-order valence-corrected chi connectivity index (χ3v) is 5.91. The first kappa shape index (κ1) is 19.9. The van der Waals surface area contributed by atoms with Crippen molar-refractivity contribution >= 4 is 0 Å². The van der Waals surface area contributed by atoms with Crippen LogP contribution in [0.3, 0.4) is 0 Å². The fourth-order valence-corrected chi connectivity index (χ4v) is 3.88. The number of benzene rings is 1. The molecule has 2 fully saturated rings. The van der Waals surface area contributed by atoms with Crippen LogP contribution in [0.1, 0.15) is 54.6 Å². The highest BCUT2D eigenvalue weighted by molar-refractivity contribution is 5.69. The first-order chi connectivity index (χ1) is 16.0. The third-order valence-electron chi connectivity index (χ3n) is 5.91. The lowest BCUT2D eigenvalue weighted by Gasteiger charge is -2.07. The summed E-state index contributed by atoms with van der Waals surface area (Å²) in [6.45, 7) is 1.59. The van der Waals surface area contributed by atoms with E-state index in [1.165, 1.54) is 18.3 Å². The standard InChI is InChI=1S/C24H19F2N5O2/c1-12-10-15(25)19(16(26)11-12)20-22(31-9-7-17(13-2-3-13)29-24(31)32)30-23(33-20)18-6-8-27-21(28-18)14-4-5-14/h6-11,13-14H,2-5H2,1H3. The smallest absolute Gasteiger partial charge is 0.353 e. The molecule has 0 N–H and O–H groups in total. The van der Waals surface area contributed by atoms with Gasteiger partial charge in [-0.2, -0.15) is 9.97 Å². The Bertz CT molecular complexity index is 1430. The van der Waals surface area contributed by atoms with Gasteiger partial charge in [0.15, 0.2) is 11.6 Å². The number of oxazole rings is 1. The maximum atomic E-state index is 14.9. The molecule has 0 atom stereocenters. The van der Waals surface area contributed by atoms with E-state index in [2.05, 4.69) is 19.9 Å². The molecule has 7 nitrogen and oxygen atoms in total. The summed E-state index contributed by atoms with van der Waals surface area (Å²) in [7, 11) is 0. The van der Waals surface area contributed by atoms with E-state index < -0.39 is 22.9 Å². The number of halogens is 2. The summed E-state index contributed by atoms with van der Waals surface area (Å²) in [6, 6.07) is 5.76. The number of hydrogen-bond acceptors (Lipinski definition) is 6. The van der Waals surface area contributed by atoms with Gasteiger partial charge in [0.1, 0.15) is 23.2 Å². The van der Waals surface area contributed by atoms with Crippen molar-refractivity contribution in [1.82, 2.24) is 24.5 Å². The molecule has 0 radical (unpaired) electrons. The molecule has 2 aliphatic rings. The first-order valence-corrected chi connectivity index (χ1v) is 10.9. The molecule has 0 bridgehead atoms. The largest absolute Gasteiger partial charge is 0.432 e. The van der Waals surface area contributed by atoms with Crippen LogP contribution in [0.5, 0.6) is 0 Å². The van der Waals surface area contributed by atoms with Gasteiger partial charge in [-0.15, -0.1) is 0 Å². The van der Waals surface area contributed by atoms with Crippen LogP contribution in [0.4, 0.5) is 8.78 Å². The number of aromatic nitrogens is 5. The lowest BCUT2D eigenvalue weighted by atomic mass is 10.1. The molecule has 0 saturated heterocycles. The molecule has 0 amide bonds. The molecule has 1 aromatic carbocycles. The first-order valence-electron chi connectivity index (χ1n) is 10.9. The Morgan fingerprint density at radius 2 is 1.73 bits per heavy atom. The average molecular weight is 447 g/mol. The monoisotopic (exact) mass is 447 g/mol. The van der Waals surface area contributed by atoms with Gasteiger partial charge in [0.25, 0.3) is 0 Å². The fraction of sp³-hybridized carbons (Fsp3) is 0.292. The quantitative estimate of drug-likeness (QED) is 0.441. The van der Waals surface area contributed by atoms with Crippen LogP contribution in [0.25, 0.3) is 28.7 Å². The maximum Gasteiger partial charge on any atom is 0.353 e. The van der Waals surface area contributed by atoms with Crippen molar-refractivity contribution in [2.75, 3.05) is 0 Å². The highest BCUT2D eigenvalue weighted by Gasteiger charge is 2.30. The van der Waals surface area contributed by atoms with Crippen LogP contribution in [0, 0.1) is 18.6 Å². The second kappa shape index (κ2) is 7.40. The van der Waals surface area contributed by atoms with E-state index in [4.69, 9.17) is 4.42 Å². The normalized spacial score (nSPS) is 15.7. The number of aryl methyl sites for hydroxylation is 1. The van der Waals surface area contributed by atoms with Crippen LogP contribution in [-0.2, 0) is 0 Å². The highest BCUT2D eigenvalue weighted by Crippen LogP contribution is 2.40. The minimum Gasteiger partial charge on any atom is -0.432 e. The van der Waals surface area contributed by atoms with Gasteiger partial charge in [-0.25, -0.2) is 28.1 Å². The third kappa shape index (κ3) is 3.63. The minimum atomic E-state index is -0.812. The summed E-state index contributed by atoms with van der Waals surface area (Å²) >= 11 is 0. The molecule has 0 unspecified atom stereocenters. The summed E-state index contributed by atoms with van der Waals surface area (Å²) in [5.41, 5.74) is 0.522. The summed E-state index contributed by atoms with van der Waals surface area (Å²) < 4.78 is 36.8. The molecule has 0 aliphatic heterocycles. The molecule has 4 aromatic rings. The van der Waals surface area contributed by atoms with Gasteiger partial charge in [0.05, 0.1) is 11.3 Å². The van der Waals surface area contributed by atoms with E-state index in [1.54, 1.807) is 25.3 Å². The van der Waals surface area contributed by atoms with Gasteiger partial charge >= 0.3 is 5.69 Å². The van der Waals surface area contributed by atoms with E-state index in [-0.39, 0.29) is 23.4 Å². The summed E-state index contributed by atoms with van der Waals surface area (Å²) in [6.07, 6.45) is 7.14. The predicted octanol–water partition coefficient (Wildman–Crippen LogP) is 4.69. The van der Waals surface area contributed by atoms with Crippen molar-refractivity contribution in [2.24, 2.45) is 0 Å². The van der Waals surface area contributed by atoms with Crippen molar-refractivity contribution in [2.45, 2.75) is 44.4 Å². The molecule has 2 aliphatic carbocycles. The molecular weight excluding hydrogens is 428 g/mol. The Kier molecular flexibility index (Phi) is 4.46. The van der Waals surface area contributed by atoms with Crippen molar-refractivity contribution in [1.29, 1.82) is 0 Å². The van der Waals surface area contributed by atoms with Crippen LogP contribution >= 0.6 is 0 Å². The van der Waals surface area contributed by atoms with E-state index in [9.17, 15) is 13.6 Å². The molecule has 9 heteroatoms. The van der Waals surface area contributed by atoms with Crippen molar-refractivity contribution in [3.63, 3.8) is 0 Å². The Balaban J connectivity index is 1.55. The van der Waals surface area contributed by atoms with Gasteiger partial charge in [-0.05, 0) is 62.4 Å². The Morgan fingerprint density at radius 1 is 1.00 bits per heavy atom. The maximum absolute atomic E-state index is 14.9. The van der Waals surface area contributed by atoms with Crippen LogP contribution in [-0.4, -0.2) is 24.5 Å². The van der Waals surface area contributed by atoms with Crippen molar-refractivity contribution in [3.8, 4) is 28.7 Å². The molecule has 166 valence electrons. The van der Waals surface area contributed by atoms with Crippen LogP contribution in [0.15, 0.2) is 45.9 Å². The lowest BCUT2D eigenvalue weighted by Crippen LogP contribution is -2.22. The number of hydrogen-bond donors (Lipinski definition) is 0. The zero-order chi connectivity index (χ0) is 22.7. The van der Waals surface area contributed by atoms with Gasteiger partial charge in [0, 0.05) is 24.2 Å². The van der Waals surface area contributed by atoms with Gasteiger partial charge in [-0.1, -0.05) is 0 Å². The fourth-order valence-electron chi connectivity index (χ4n) is 3.88. The van der Waals surface area contributed by atoms with E-state index >= 15 is 0 Å². The molecule has 3 aromatic heterocycles. The van der Waals surface area contributed by atoms with Crippen LogP contribution in [0.2, 0.25) is 0 Å².